The number of benzene rings is 1. The van der Waals surface area contributed by atoms with Gasteiger partial charge in [0.2, 0.25) is 0 Å². The van der Waals surface area contributed by atoms with E-state index in [1.807, 2.05) is 13.8 Å². The van der Waals surface area contributed by atoms with Gasteiger partial charge in [0.05, 0.1) is 19.8 Å². The van der Waals surface area contributed by atoms with Crippen molar-refractivity contribution in [1.82, 2.24) is 15.1 Å². The Bertz CT molecular complexity index is 827. The highest BCUT2D eigenvalue weighted by Gasteiger charge is 2.39. The number of alkyl halides is 3. The summed E-state index contributed by atoms with van der Waals surface area (Å²) in [5.74, 6) is 1.05. The summed E-state index contributed by atoms with van der Waals surface area (Å²) in [6.07, 6.45) is -4.29. The number of anilines is 1. The maximum atomic E-state index is 13.1. The van der Waals surface area contributed by atoms with Crippen molar-refractivity contribution in [2.75, 3.05) is 25.1 Å². The standard InChI is InChI=1S/C18H21F3N4O3/c1-3-27-12-7-11(8-13(9-12)28-4-2)22-17(26)25-6-5-15-14(10-25)16(24-23-15)18(19,20)21/h7-9H,3-6,10H2,1-2H3,(H,22,26)(H,23,24). The predicted molar refractivity (Wildman–Crippen MR) is 95.5 cm³/mol. The third-order valence-corrected chi connectivity index (χ3v) is 4.24. The molecule has 10 heteroatoms. The molecule has 2 amide bonds. The number of aromatic nitrogens is 2. The highest BCUT2D eigenvalue weighted by molar-refractivity contribution is 5.90. The number of urea groups is 1. The number of rotatable bonds is 5. The maximum Gasteiger partial charge on any atom is 0.435 e. The molecule has 0 saturated heterocycles. The maximum absolute atomic E-state index is 13.1. The van der Waals surface area contributed by atoms with Crippen LogP contribution in [0.25, 0.3) is 0 Å². The van der Waals surface area contributed by atoms with Crippen LogP contribution in [0.1, 0.15) is 30.8 Å². The van der Waals surface area contributed by atoms with Gasteiger partial charge in [0, 0.05) is 48.1 Å². The van der Waals surface area contributed by atoms with Gasteiger partial charge in [-0.25, -0.2) is 4.79 Å². The largest absolute Gasteiger partial charge is 0.494 e. The fraction of sp³-hybridized carbons (Fsp3) is 0.444. The molecule has 1 aliphatic heterocycles. The smallest absolute Gasteiger partial charge is 0.435 e. The Morgan fingerprint density at radius 1 is 1.21 bits per heavy atom. The van der Waals surface area contributed by atoms with Crippen LogP contribution in [0.4, 0.5) is 23.7 Å². The number of hydrogen-bond donors (Lipinski definition) is 2. The monoisotopic (exact) mass is 398 g/mol. The lowest BCUT2D eigenvalue weighted by molar-refractivity contribution is -0.142. The molecule has 1 aromatic heterocycles. The van der Waals surface area contributed by atoms with E-state index < -0.39 is 17.9 Å². The molecule has 2 N–H and O–H groups in total. The topological polar surface area (TPSA) is 79.5 Å². The van der Waals surface area contributed by atoms with E-state index in [9.17, 15) is 18.0 Å². The van der Waals surface area contributed by atoms with Gasteiger partial charge in [0.25, 0.3) is 0 Å². The molecule has 0 fully saturated rings. The average molecular weight is 398 g/mol. The molecular weight excluding hydrogens is 377 g/mol. The first kappa shape index (κ1) is 19.8. The summed E-state index contributed by atoms with van der Waals surface area (Å²) < 4.78 is 50.2. The van der Waals surface area contributed by atoms with E-state index >= 15 is 0 Å². The summed E-state index contributed by atoms with van der Waals surface area (Å²) in [4.78, 5) is 13.9. The van der Waals surface area contributed by atoms with E-state index in [2.05, 4.69) is 15.5 Å². The Kier molecular flexibility index (Phi) is 5.66. The molecule has 1 aromatic carbocycles. The summed E-state index contributed by atoms with van der Waals surface area (Å²) in [5.41, 5.74) is -0.120. The number of H-pyrrole nitrogens is 1. The zero-order valence-electron chi connectivity index (χ0n) is 15.5. The summed E-state index contributed by atoms with van der Waals surface area (Å²) in [7, 11) is 0. The minimum atomic E-state index is -4.57. The molecule has 0 aliphatic carbocycles. The molecule has 0 radical (unpaired) electrons. The third kappa shape index (κ3) is 4.32. The number of fused-ring (bicyclic) bond motifs is 1. The summed E-state index contributed by atoms with van der Waals surface area (Å²) in [5, 5.41) is 8.50. The quantitative estimate of drug-likeness (QED) is 0.803. The highest BCUT2D eigenvalue weighted by atomic mass is 19.4. The fourth-order valence-corrected chi connectivity index (χ4v) is 3.05. The van der Waals surface area contributed by atoms with Crippen LogP contribution < -0.4 is 14.8 Å². The molecule has 1 aliphatic rings. The predicted octanol–water partition coefficient (Wildman–Crippen LogP) is 3.82. The molecule has 0 unspecified atom stereocenters. The van der Waals surface area contributed by atoms with Crippen molar-refractivity contribution in [3.05, 3.63) is 35.2 Å². The molecule has 2 heterocycles. The number of nitrogens with zero attached hydrogens (tertiary/aromatic N) is 2. The molecule has 3 rings (SSSR count). The van der Waals surface area contributed by atoms with Gasteiger partial charge in [0.1, 0.15) is 11.5 Å². The third-order valence-electron chi connectivity index (χ3n) is 4.24. The molecule has 7 nitrogen and oxygen atoms in total. The summed E-state index contributed by atoms with van der Waals surface area (Å²) in [6, 6.07) is 4.48. The van der Waals surface area contributed by atoms with E-state index in [4.69, 9.17) is 9.47 Å². The van der Waals surface area contributed by atoms with Crippen molar-refractivity contribution in [2.45, 2.75) is 33.0 Å². The second-order valence-electron chi connectivity index (χ2n) is 6.19. The minimum absolute atomic E-state index is 0.00646. The first-order valence-corrected chi connectivity index (χ1v) is 8.91. The van der Waals surface area contributed by atoms with E-state index in [0.717, 1.165) is 0 Å². The lowest BCUT2D eigenvalue weighted by Gasteiger charge is -2.27. The number of hydrogen-bond acceptors (Lipinski definition) is 4. The molecule has 0 bridgehead atoms. The Balaban J connectivity index is 1.76. The minimum Gasteiger partial charge on any atom is -0.494 e. The van der Waals surface area contributed by atoms with Gasteiger partial charge in [0.15, 0.2) is 5.69 Å². The Morgan fingerprint density at radius 3 is 2.43 bits per heavy atom. The number of ether oxygens (including phenoxy) is 2. The van der Waals surface area contributed by atoms with Gasteiger partial charge in [-0.2, -0.15) is 18.3 Å². The van der Waals surface area contributed by atoms with Crippen LogP contribution in [0.2, 0.25) is 0 Å². The summed E-state index contributed by atoms with van der Waals surface area (Å²) >= 11 is 0. The van der Waals surface area contributed by atoms with Gasteiger partial charge >= 0.3 is 12.2 Å². The second kappa shape index (κ2) is 7.99. The molecular formula is C18H21F3N4O3. The van der Waals surface area contributed by atoms with E-state index in [0.29, 0.717) is 36.1 Å². The van der Waals surface area contributed by atoms with Crippen LogP contribution in [0.3, 0.4) is 0 Å². The molecule has 0 saturated carbocycles. The van der Waals surface area contributed by atoms with Gasteiger partial charge in [-0.05, 0) is 13.8 Å². The number of aromatic amines is 1. The fourth-order valence-electron chi connectivity index (χ4n) is 3.05. The van der Waals surface area contributed by atoms with E-state index in [-0.39, 0.29) is 25.1 Å². The number of halogens is 3. The highest BCUT2D eigenvalue weighted by Crippen LogP contribution is 2.34. The van der Waals surface area contributed by atoms with Crippen molar-refractivity contribution in [2.24, 2.45) is 0 Å². The van der Waals surface area contributed by atoms with Crippen LogP contribution in [-0.2, 0) is 19.1 Å². The lowest BCUT2D eigenvalue weighted by Crippen LogP contribution is -2.39. The van der Waals surface area contributed by atoms with Crippen molar-refractivity contribution < 1.29 is 27.4 Å². The van der Waals surface area contributed by atoms with E-state index in [1.54, 1.807) is 18.2 Å². The van der Waals surface area contributed by atoms with Gasteiger partial charge in [-0.1, -0.05) is 0 Å². The molecule has 2 aromatic rings. The zero-order valence-corrected chi connectivity index (χ0v) is 15.5. The Labute approximate surface area is 159 Å². The van der Waals surface area contributed by atoms with Crippen LogP contribution in [-0.4, -0.2) is 40.9 Å². The molecule has 28 heavy (non-hydrogen) atoms. The van der Waals surface area contributed by atoms with Crippen molar-refractivity contribution >= 4 is 11.7 Å². The average Bonchev–Trinajstić information content (AvgIpc) is 3.05. The van der Waals surface area contributed by atoms with Crippen molar-refractivity contribution in [1.29, 1.82) is 0 Å². The molecule has 0 spiro atoms. The van der Waals surface area contributed by atoms with Crippen LogP contribution in [0.5, 0.6) is 11.5 Å². The number of amides is 2. The number of carbonyl (C=O) groups excluding carboxylic acids is 1. The van der Waals surface area contributed by atoms with Crippen LogP contribution in [0.15, 0.2) is 18.2 Å². The first-order valence-electron chi connectivity index (χ1n) is 8.91. The zero-order chi connectivity index (χ0) is 20.3. The van der Waals surface area contributed by atoms with Crippen molar-refractivity contribution in [3.63, 3.8) is 0 Å². The number of carbonyl (C=O) groups is 1. The van der Waals surface area contributed by atoms with Crippen LogP contribution in [0, 0.1) is 0 Å². The molecule has 152 valence electrons. The Morgan fingerprint density at radius 2 is 1.86 bits per heavy atom. The second-order valence-corrected chi connectivity index (χ2v) is 6.19. The van der Waals surface area contributed by atoms with Crippen LogP contribution >= 0.6 is 0 Å². The van der Waals surface area contributed by atoms with Gasteiger partial charge in [-0.3, -0.25) is 5.10 Å². The Hall–Kier alpha value is -2.91. The summed E-state index contributed by atoms with van der Waals surface area (Å²) in [6.45, 7) is 4.66. The van der Waals surface area contributed by atoms with Crippen molar-refractivity contribution in [3.8, 4) is 11.5 Å². The SMILES string of the molecule is CCOc1cc(NC(=O)N2CCc3[nH]nc(C(F)(F)F)c3C2)cc(OCC)c1. The lowest BCUT2D eigenvalue weighted by atomic mass is 10.1. The normalized spacial score (nSPS) is 13.8. The first-order chi connectivity index (χ1) is 13.3. The number of nitrogens with one attached hydrogen (secondary N) is 2. The van der Waals surface area contributed by atoms with Gasteiger partial charge in [-0.15, -0.1) is 0 Å². The molecule has 0 atom stereocenters. The van der Waals surface area contributed by atoms with E-state index in [1.165, 1.54) is 4.90 Å². The van der Waals surface area contributed by atoms with Gasteiger partial charge < -0.3 is 19.7 Å².